The SMILES string of the molecule is C.C.C.C.C.C.C[CH-]P(=O)(O)OCOCC.C[CH-]P(=O)(O)OP(=O)(O)OCOCC.C[CH-]P(C)(=O)OP(=O)(O)OP(=O)(O)OCOCC.[Re].[Re].[Re].[Rf].[Rf].[U].[U].[U].[Y].[Y].[Y]. The third-order valence-electron chi connectivity index (χ3n) is 3.35. The van der Waals surface area contributed by atoms with Crippen molar-refractivity contribution >= 4 is 46.0 Å². The van der Waals surface area contributed by atoms with Gasteiger partial charge >= 0.3 is 23.5 Å². The molecular formula is C22H65O20P6Re3Rf2U3Y3-3. The molecule has 6 atom stereocenters. The summed E-state index contributed by atoms with van der Waals surface area (Å²) in [6.07, 6.45) is 2.94. The van der Waals surface area contributed by atoms with Gasteiger partial charge in [-0.15, -0.1) is 0 Å². The van der Waals surface area contributed by atoms with Gasteiger partial charge in [0.25, 0.3) is 0 Å². The molecule has 0 saturated carbocycles. The van der Waals surface area contributed by atoms with Crippen LogP contribution in [0.3, 0.4) is 0 Å². The summed E-state index contributed by atoms with van der Waals surface area (Å²) in [6, 6.07) is 0. The van der Waals surface area contributed by atoms with Crippen LogP contribution in [0.4, 0.5) is 0 Å². The molecule has 37 heteroatoms. The number of phosphoric acid groups is 3. The molecule has 0 rings (SSSR count). The molecule has 0 aliphatic rings. The molecule has 0 aromatic heterocycles. The fraction of sp³-hybridized carbons (Fsp3) is 0.864. The molecule has 0 saturated heterocycles. The topological polar surface area (TPSA) is 287 Å². The fourth-order valence-electron chi connectivity index (χ4n) is 1.28. The Morgan fingerprint density at radius 1 is 0.441 bits per heavy atom. The Kier molecular flexibility index (Phi) is 161. The second-order valence-corrected chi connectivity index (χ2v) is 17.9. The Bertz CT molecular complexity index is 1080. The van der Waals surface area contributed by atoms with Gasteiger partial charge in [-0.05, 0) is 27.4 Å². The van der Waals surface area contributed by atoms with Crippen molar-refractivity contribution in [2.75, 3.05) is 46.9 Å². The zero-order valence-corrected chi connectivity index (χ0v) is 77.1. The molecule has 0 aliphatic heterocycles. The Hall–Kier alpha value is 7.27. The van der Waals surface area contributed by atoms with E-state index in [0.717, 1.165) is 25.2 Å². The van der Waals surface area contributed by atoms with Gasteiger partial charge in [0.05, 0.1) is 7.37 Å². The first-order valence-corrected chi connectivity index (χ1v) is 21.3. The first kappa shape index (κ1) is 132. The zero-order chi connectivity index (χ0) is 33.7. The normalized spacial score (nSPS) is 14.2. The van der Waals surface area contributed by atoms with Gasteiger partial charge in [-0.2, -0.15) is 25.1 Å². The number of ether oxygens (including phenoxy) is 3. The summed E-state index contributed by atoms with van der Waals surface area (Å²) < 4.78 is 105. The van der Waals surface area contributed by atoms with Crippen LogP contribution in [0, 0.1) is 112 Å². The monoisotopic (exact) mass is 2910 g/mol. The van der Waals surface area contributed by atoms with E-state index in [1.165, 1.54) is 20.8 Å². The second-order valence-electron chi connectivity index (χ2n) is 6.68. The van der Waals surface area contributed by atoms with Gasteiger partial charge in [0, 0.05) is 273 Å². The largest absolute Gasteiger partial charge is 0.484 e. The summed E-state index contributed by atoms with van der Waals surface area (Å²) in [6.45, 7) is 9.88. The standard InChI is InChI=1S/C6H16O9P3.C5H13O7P2.C5H12O4P.6CH4.3Re.2Rf.3U.3Y/c1-4-12-6-13-17(8,9)15-18(10,11)14-16(3,7)5-2;1-3-10-5-11-14(8,9)12-13(6,7)4-2;1-3-8-5-9-10(6,7)4-2;;;;;;;;;;;;;;;;;/h5H,4,6H2,1-3H3,(H,8,9)(H,10,11);4H,3,5H2,1-2H3,(H,6,7)(H,8,9);4H,3,5H2,1-2H3,(H,6,7);6*1H4;;;;;;;;;;;/q3*-1;;;;;;;;;;;;;;;;;. The minimum absolute atomic E-state index is 0. The van der Waals surface area contributed by atoms with Crippen LogP contribution in [0.5, 0.6) is 0 Å². The molecular weight excluding hydrogens is 2840 g/mol. The van der Waals surface area contributed by atoms with Crippen LogP contribution in [-0.2, 0) is 228 Å². The van der Waals surface area contributed by atoms with Gasteiger partial charge in [-0.3, -0.25) is 22.5 Å². The van der Waals surface area contributed by atoms with E-state index in [9.17, 15) is 27.4 Å². The van der Waals surface area contributed by atoms with Crippen LogP contribution in [0.1, 0.15) is 86.1 Å². The third kappa shape index (κ3) is 95.6. The second kappa shape index (κ2) is 71.8. The molecule has 0 aliphatic carbocycles. The molecule has 5 N–H and O–H groups in total. The van der Waals surface area contributed by atoms with Gasteiger partial charge in [0.15, 0.2) is 35.6 Å². The van der Waals surface area contributed by atoms with Crippen molar-refractivity contribution in [2.45, 2.75) is 86.1 Å². The van der Waals surface area contributed by atoms with Crippen molar-refractivity contribution in [3.05, 3.63) is 18.5 Å². The van der Waals surface area contributed by atoms with Crippen LogP contribution >= 0.6 is 46.0 Å². The molecule has 352 valence electrons. The summed E-state index contributed by atoms with van der Waals surface area (Å²) in [5, 5.41) is 0. The molecule has 6 radical (unpaired) electrons. The maximum atomic E-state index is 11.4. The molecule has 0 aromatic rings. The number of hydrogen-bond acceptors (Lipinski definition) is 15. The Morgan fingerprint density at radius 3 is 0.932 bits per heavy atom. The van der Waals surface area contributed by atoms with Crippen molar-refractivity contribution in [3.8, 4) is 0 Å². The molecule has 0 fully saturated rings. The van der Waals surface area contributed by atoms with Crippen molar-refractivity contribution in [1.82, 2.24) is 0 Å². The molecule has 0 bridgehead atoms. The molecule has 6 unspecified atom stereocenters. The molecule has 20 nitrogen and oxygen atoms in total. The minimum Gasteiger partial charge on any atom is -0.355 e. The predicted molar refractivity (Wildman–Crippen MR) is 189 cm³/mol. The van der Waals surface area contributed by atoms with Gasteiger partial charge in [-0.1, -0.05) is 44.6 Å². The van der Waals surface area contributed by atoms with E-state index in [-0.39, 0.29) is 317 Å². The Morgan fingerprint density at radius 2 is 0.695 bits per heavy atom. The van der Waals surface area contributed by atoms with Gasteiger partial charge in [-0.25, -0.2) is 36.5 Å². The maximum Gasteiger partial charge on any atom is 0.484 e. The molecule has 0 spiro atoms. The summed E-state index contributed by atoms with van der Waals surface area (Å²) in [4.78, 5) is 44.7. The maximum absolute atomic E-state index is 11.4. The van der Waals surface area contributed by atoms with E-state index in [0.29, 0.717) is 6.61 Å². The molecule has 0 aromatic carbocycles. The van der Waals surface area contributed by atoms with Crippen LogP contribution < -0.4 is 0 Å². The number of rotatable bonds is 21. The van der Waals surface area contributed by atoms with Gasteiger partial charge in [0.2, 0.25) is 0 Å². The van der Waals surface area contributed by atoms with E-state index < -0.39 is 59.6 Å². The Balaban J connectivity index is -0.0000000192. The van der Waals surface area contributed by atoms with Crippen LogP contribution in [0.25, 0.3) is 0 Å². The smallest absolute Gasteiger partial charge is 0.355 e. The zero-order valence-electron chi connectivity index (χ0n) is 29.8. The van der Waals surface area contributed by atoms with Crippen molar-refractivity contribution < 1.29 is 345 Å². The van der Waals surface area contributed by atoms with Crippen molar-refractivity contribution in [3.63, 3.8) is 0 Å². The van der Waals surface area contributed by atoms with Crippen molar-refractivity contribution in [2.24, 2.45) is 0 Å². The van der Waals surface area contributed by atoms with Gasteiger partial charge in [0.1, 0.15) is 0 Å². The van der Waals surface area contributed by atoms with Crippen LogP contribution in [0.15, 0.2) is 0 Å². The van der Waals surface area contributed by atoms with Crippen molar-refractivity contribution in [1.29, 1.82) is 0 Å². The fourth-order valence-corrected chi connectivity index (χ4v) is 7.46. The predicted octanol–water partition coefficient (Wildman–Crippen LogP) is 8.97. The van der Waals surface area contributed by atoms with Crippen LogP contribution in [-0.4, -0.2) is 71.3 Å². The summed E-state index contributed by atoms with van der Waals surface area (Å²) >= 11 is 0. The van der Waals surface area contributed by atoms with E-state index >= 15 is 0 Å². The van der Waals surface area contributed by atoms with E-state index in [4.69, 9.17) is 29.2 Å². The van der Waals surface area contributed by atoms with E-state index in [2.05, 4.69) is 36.0 Å². The average Bonchev–Trinajstić information content (AvgIpc) is 2.83. The first-order chi connectivity index (χ1) is 19.0. The number of hydrogen-bond donors (Lipinski definition) is 5. The summed E-state index contributed by atoms with van der Waals surface area (Å²) in [7, 11) is -25.5. The average molecular weight is 2910 g/mol. The minimum atomic E-state index is -4.99. The number of phosphoric ester groups is 2. The summed E-state index contributed by atoms with van der Waals surface area (Å²) in [5.41, 5.74) is 0. The van der Waals surface area contributed by atoms with Gasteiger partial charge < -0.3 is 47.8 Å². The molecule has 0 heterocycles. The third-order valence-corrected chi connectivity index (χ3v) is 12.5. The quantitative estimate of drug-likeness (QED) is 0.0310. The summed E-state index contributed by atoms with van der Waals surface area (Å²) in [5.74, 6) is 0. The molecule has 59 heavy (non-hydrogen) atoms. The first-order valence-electron chi connectivity index (χ1n) is 11.4. The Labute approximate surface area is 533 Å². The van der Waals surface area contributed by atoms with E-state index in [1.807, 2.05) is 0 Å². The van der Waals surface area contributed by atoms with Crippen LogP contribution in [0.2, 0.25) is 0 Å². The molecule has 0 amide bonds. The van der Waals surface area contributed by atoms with E-state index in [1.54, 1.807) is 20.8 Å².